The van der Waals surface area contributed by atoms with E-state index in [2.05, 4.69) is 5.32 Å². The Balaban J connectivity index is 1.98. The Kier molecular flexibility index (Phi) is 2.02. The number of hydrogen-bond donors (Lipinski definition) is 2. The van der Waals surface area contributed by atoms with Crippen LogP contribution >= 0.6 is 0 Å². The number of rotatable bonds is 1. The largest absolute Gasteiger partial charge is 0.478 e. The molecule has 1 amide bonds. The van der Waals surface area contributed by atoms with Gasteiger partial charge < -0.3 is 10.4 Å². The third kappa shape index (κ3) is 1.44. The number of hydrogen-bond acceptors (Lipinski definition) is 2. The van der Waals surface area contributed by atoms with E-state index in [1.807, 2.05) is 6.07 Å². The van der Waals surface area contributed by atoms with E-state index in [9.17, 15) is 9.59 Å². The minimum Gasteiger partial charge on any atom is -0.478 e. The summed E-state index contributed by atoms with van der Waals surface area (Å²) in [5.74, 6) is -0.796. The highest BCUT2D eigenvalue weighted by molar-refractivity contribution is 5.89. The summed E-state index contributed by atoms with van der Waals surface area (Å²) in [6.45, 7) is 0.735. The maximum atomic E-state index is 11.9. The number of nitrogens with one attached hydrogen (secondary N) is 1. The third-order valence-corrected chi connectivity index (χ3v) is 3.88. The summed E-state index contributed by atoms with van der Waals surface area (Å²) in [6, 6.07) is 5.17. The summed E-state index contributed by atoms with van der Waals surface area (Å²) in [5, 5.41) is 11.8. The molecular weight excluding hydrogens is 218 g/mol. The summed E-state index contributed by atoms with van der Waals surface area (Å²) in [6.07, 6.45) is 2.27. The van der Waals surface area contributed by atoms with Gasteiger partial charge in [-0.15, -0.1) is 0 Å². The molecule has 1 heterocycles. The molecule has 1 aromatic rings. The molecule has 1 aromatic carbocycles. The summed E-state index contributed by atoms with van der Waals surface area (Å²) in [4.78, 5) is 22.8. The fourth-order valence-corrected chi connectivity index (χ4v) is 2.94. The van der Waals surface area contributed by atoms with Crippen LogP contribution in [0.5, 0.6) is 0 Å². The Bertz CT molecular complexity index is 523. The normalized spacial score (nSPS) is 26.0. The molecule has 4 heteroatoms. The molecule has 1 aliphatic carbocycles. The second-order valence-electron chi connectivity index (χ2n) is 4.93. The number of carboxylic acids is 1. The third-order valence-electron chi connectivity index (χ3n) is 3.88. The van der Waals surface area contributed by atoms with E-state index < -0.39 is 5.97 Å². The van der Waals surface area contributed by atoms with Gasteiger partial charge in [0, 0.05) is 6.54 Å². The van der Waals surface area contributed by atoms with Crippen LogP contribution < -0.4 is 5.32 Å². The quantitative estimate of drug-likeness (QED) is 0.757. The lowest BCUT2D eigenvalue weighted by molar-refractivity contribution is -0.127. The molecule has 0 unspecified atom stereocenters. The minimum absolute atomic E-state index is 0.116. The van der Waals surface area contributed by atoms with Crippen LogP contribution in [-0.4, -0.2) is 23.5 Å². The number of benzene rings is 1. The molecule has 0 aromatic heterocycles. The second kappa shape index (κ2) is 3.32. The Morgan fingerprint density at radius 1 is 1.29 bits per heavy atom. The van der Waals surface area contributed by atoms with Crippen LogP contribution in [-0.2, 0) is 17.6 Å². The Morgan fingerprint density at radius 3 is 2.71 bits per heavy atom. The molecule has 3 rings (SSSR count). The number of carboxylic acid groups (broad SMARTS) is 1. The van der Waals surface area contributed by atoms with Crippen molar-refractivity contribution in [2.24, 2.45) is 5.41 Å². The van der Waals surface area contributed by atoms with Crippen molar-refractivity contribution in [3.05, 3.63) is 34.9 Å². The predicted molar refractivity (Wildman–Crippen MR) is 60.9 cm³/mol. The molecule has 1 fully saturated rings. The van der Waals surface area contributed by atoms with Gasteiger partial charge in [0.25, 0.3) is 0 Å². The smallest absolute Gasteiger partial charge is 0.335 e. The molecule has 4 nitrogen and oxygen atoms in total. The first-order chi connectivity index (χ1) is 8.11. The number of fused-ring (bicyclic) bond motifs is 1. The van der Waals surface area contributed by atoms with Crippen molar-refractivity contribution in [2.45, 2.75) is 19.3 Å². The van der Waals surface area contributed by atoms with E-state index in [0.717, 1.165) is 30.5 Å². The van der Waals surface area contributed by atoms with Gasteiger partial charge in [0.05, 0.1) is 11.0 Å². The van der Waals surface area contributed by atoms with Gasteiger partial charge in [-0.3, -0.25) is 4.79 Å². The minimum atomic E-state index is -0.912. The van der Waals surface area contributed by atoms with Crippen molar-refractivity contribution in [2.75, 3.05) is 6.54 Å². The summed E-state index contributed by atoms with van der Waals surface area (Å²) < 4.78 is 0. The average Bonchev–Trinajstić information content (AvgIpc) is 2.82. The monoisotopic (exact) mass is 231 g/mol. The van der Waals surface area contributed by atoms with Gasteiger partial charge in [0.2, 0.25) is 5.91 Å². The van der Waals surface area contributed by atoms with Gasteiger partial charge >= 0.3 is 5.97 Å². The average molecular weight is 231 g/mol. The van der Waals surface area contributed by atoms with Crippen molar-refractivity contribution < 1.29 is 14.7 Å². The topological polar surface area (TPSA) is 66.4 Å². The van der Waals surface area contributed by atoms with Crippen LogP contribution in [0.3, 0.4) is 0 Å². The lowest BCUT2D eigenvalue weighted by Crippen LogP contribution is -2.31. The lowest BCUT2D eigenvalue weighted by Gasteiger charge is -2.17. The zero-order chi connectivity index (χ0) is 12.0. The molecule has 0 radical (unpaired) electrons. The predicted octanol–water partition coefficient (Wildman–Crippen LogP) is 0.990. The first kappa shape index (κ1) is 10.3. The molecular formula is C13H13NO3. The van der Waals surface area contributed by atoms with Gasteiger partial charge in [-0.05, 0) is 42.5 Å². The molecule has 1 saturated heterocycles. The Morgan fingerprint density at radius 2 is 2.06 bits per heavy atom. The highest BCUT2D eigenvalue weighted by Crippen LogP contribution is 2.42. The molecule has 1 aliphatic heterocycles. The lowest BCUT2D eigenvalue weighted by atomic mass is 9.83. The highest BCUT2D eigenvalue weighted by Gasteiger charge is 2.46. The van der Waals surface area contributed by atoms with E-state index in [1.165, 1.54) is 0 Å². The van der Waals surface area contributed by atoms with E-state index in [1.54, 1.807) is 12.1 Å². The van der Waals surface area contributed by atoms with Crippen LogP contribution in [0.25, 0.3) is 0 Å². The van der Waals surface area contributed by atoms with Crippen LogP contribution in [0.1, 0.15) is 27.9 Å². The van der Waals surface area contributed by atoms with Crippen molar-refractivity contribution in [3.63, 3.8) is 0 Å². The van der Waals surface area contributed by atoms with Gasteiger partial charge in [-0.1, -0.05) is 6.07 Å². The SMILES string of the molecule is O=C(O)c1ccc2c(c1)C[C@]1(CCNC1=O)C2. The number of aromatic carboxylic acids is 1. The number of carbonyl (C=O) groups is 2. The van der Waals surface area contributed by atoms with E-state index in [0.29, 0.717) is 12.0 Å². The van der Waals surface area contributed by atoms with Gasteiger partial charge in [0.1, 0.15) is 0 Å². The molecule has 0 saturated carbocycles. The van der Waals surface area contributed by atoms with Crippen molar-refractivity contribution >= 4 is 11.9 Å². The molecule has 2 aliphatic rings. The number of amides is 1. The van der Waals surface area contributed by atoms with Gasteiger partial charge in [-0.2, -0.15) is 0 Å². The Hall–Kier alpha value is -1.84. The standard InChI is InChI=1S/C13H13NO3/c15-11(16)8-1-2-9-6-13(7-10(9)5-8)3-4-14-12(13)17/h1-2,5H,3-4,6-7H2,(H,14,17)(H,15,16)/t13-/m0/s1. The molecule has 0 bridgehead atoms. The van der Waals surface area contributed by atoms with Crippen molar-refractivity contribution in [1.82, 2.24) is 5.32 Å². The first-order valence-electron chi connectivity index (χ1n) is 5.74. The zero-order valence-electron chi connectivity index (χ0n) is 9.32. The highest BCUT2D eigenvalue weighted by atomic mass is 16.4. The zero-order valence-corrected chi connectivity index (χ0v) is 9.32. The van der Waals surface area contributed by atoms with Crippen LogP contribution in [0.2, 0.25) is 0 Å². The number of carbonyl (C=O) groups excluding carboxylic acids is 1. The Labute approximate surface area is 98.6 Å². The van der Waals surface area contributed by atoms with Crippen LogP contribution in [0.4, 0.5) is 0 Å². The van der Waals surface area contributed by atoms with E-state index in [-0.39, 0.29) is 11.3 Å². The molecule has 17 heavy (non-hydrogen) atoms. The maximum Gasteiger partial charge on any atom is 0.335 e. The van der Waals surface area contributed by atoms with E-state index >= 15 is 0 Å². The molecule has 2 N–H and O–H groups in total. The molecule has 1 atom stereocenters. The summed E-state index contributed by atoms with van der Waals surface area (Å²) in [5.41, 5.74) is 2.13. The second-order valence-corrected chi connectivity index (χ2v) is 4.93. The van der Waals surface area contributed by atoms with Crippen molar-refractivity contribution in [3.8, 4) is 0 Å². The molecule has 1 spiro atoms. The fraction of sp³-hybridized carbons (Fsp3) is 0.385. The maximum absolute atomic E-state index is 11.9. The van der Waals surface area contributed by atoms with Gasteiger partial charge in [0.15, 0.2) is 0 Å². The van der Waals surface area contributed by atoms with Gasteiger partial charge in [-0.25, -0.2) is 4.79 Å². The van der Waals surface area contributed by atoms with Crippen LogP contribution in [0, 0.1) is 5.41 Å². The van der Waals surface area contributed by atoms with E-state index in [4.69, 9.17) is 5.11 Å². The van der Waals surface area contributed by atoms with Crippen molar-refractivity contribution in [1.29, 1.82) is 0 Å². The summed E-state index contributed by atoms with van der Waals surface area (Å²) in [7, 11) is 0. The molecule has 88 valence electrons. The first-order valence-corrected chi connectivity index (χ1v) is 5.74. The fourth-order valence-electron chi connectivity index (χ4n) is 2.94. The van der Waals surface area contributed by atoms with Crippen LogP contribution in [0.15, 0.2) is 18.2 Å². The summed E-state index contributed by atoms with van der Waals surface area (Å²) >= 11 is 0.